The van der Waals surface area contributed by atoms with Crippen molar-refractivity contribution in [1.29, 1.82) is 0 Å². The molecule has 0 radical (unpaired) electrons. The van der Waals surface area contributed by atoms with E-state index < -0.39 is 0 Å². The first kappa shape index (κ1) is 14.5. The Morgan fingerprint density at radius 2 is 2.04 bits per heavy atom. The molecule has 2 aliphatic rings. The molecule has 1 saturated heterocycles. The minimum atomic E-state index is -0.158. The lowest BCUT2D eigenvalue weighted by molar-refractivity contribution is 0.0918. The van der Waals surface area contributed by atoms with Crippen molar-refractivity contribution < 1.29 is 9.32 Å². The molecule has 0 spiro atoms. The minimum Gasteiger partial charge on any atom is -0.364 e. The van der Waals surface area contributed by atoms with Crippen molar-refractivity contribution in [3.8, 4) is 0 Å². The standard InChI is InChI=1S/C18H21N3O2/c1-21-16(12-7-8-12)11-15(17(21)13-5-3-2-4-6-13)19-18(22)14-9-10-23-20-14/h2-6,9-10,12,15-17H,7-8,11H2,1H3,(H,19,22). The molecule has 1 amide bonds. The van der Waals surface area contributed by atoms with Crippen molar-refractivity contribution in [2.24, 2.45) is 5.92 Å². The molecular formula is C18H21N3O2. The van der Waals surface area contributed by atoms with Gasteiger partial charge in [-0.3, -0.25) is 9.69 Å². The average Bonchev–Trinajstić information content (AvgIpc) is 3.14. The molecule has 1 N–H and O–H groups in total. The third kappa shape index (κ3) is 2.77. The molecule has 23 heavy (non-hydrogen) atoms. The van der Waals surface area contributed by atoms with E-state index in [1.165, 1.54) is 24.7 Å². The summed E-state index contributed by atoms with van der Waals surface area (Å²) >= 11 is 0. The number of aromatic nitrogens is 1. The van der Waals surface area contributed by atoms with Crippen molar-refractivity contribution in [1.82, 2.24) is 15.4 Å². The van der Waals surface area contributed by atoms with Crippen molar-refractivity contribution in [3.63, 3.8) is 0 Å². The highest BCUT2D eigenvalue weighted by Crippen LogP contribution is 2.45. The second-order valence-electron chi connectivity index (χ2n) is 6.63. The molecule has 1 aromatic carbocycles. The van der Waals surface area contributed by atoms with Crippen LogP contribution in [0.1, 0.15) is 41.4 Å². The van der Waals surface area contributed by atoms with Gasteiger partial charge in [0.15, 0.2) is 5.69 Å². The SMILES string of the molecule is CN1C(C2CC2)CC(NC(=O)c2ccon2)C1c1ccccc1. The number of likely N-dealkylation sites (N-methyl/N-ethyl adjacent to an activating group) is 1. The van der Waals surface area contributed by atoms with Gasteiger partial charge in [-0.05, 0) is 37.8 Å². The topological polar surface area (TPSA) is 58.4 Å². The van der Waals surface area contributed by atoms with Gasteiger partial charge in [-0.1, -0.05) is 35.5 Å². The second-order valence-corrected chi connectivity index (χ2v) is 6.63. The molecule has 0 bridgehead atoms. The number of likely N-dealkylation sites (tertiary alicyclic amines) is 1. The van der Waals surface area contributed by atoms with Crippen molar-refractivity contribution >= 4 is 5.91 Å². The van der Waals surface area contributed by atoms with Gasteiger partial charge in [0.25, 0.3) is 5.91 Å². The number of nitrogens with zero attached hydrogens (tertiary/aromatic N) is 2. The fourth-order valence-electron chi connectivity index (χ4n) is 3.88. The molecule has 2 fully saturated rings. The van der Waals surface area contributed by atoms with Crippen LogP contribution in [-0.2, 0) is 0 Å². The van der Waals surface area contributed by atoms with Crippen LogP contribution in [0.25, 0.3) is 0 Å². The van der Waals surface area contributed by atoms with Crippen molar-refractivity contribution in [3.05, 3.63) is 53.9 Å². The highest BCUT2D eigenvalue weighted by molar-refractivity contribution is 5.92. The molecule has 2 aromatic rings. The van der Waals surface area contributed by atoms with E-state index >= 15 is 0 Å². The van der Waals surface area contributed by atoms with Gasteiger partial charge in [0.1, 0.15) is 6.26 Å². The lowest BCUT2D eigenvalue weighted by atomic mass is 9.99. The number of benzene rings is 1. The Labute approximate surface area is 135 Å². The molecule has 4 rings (SSSR count). The van der Waals surface area contributed by atoms with E-state index in [0.717, 1.165) is 12.3 Å². The summed E-state index contributed by atoms with van der Waals surface area (Å²) in [6, 6.07) is 12.9. The van der Waals surface area contributed by atoms with E-state index in [0.29, 0.717) is 11.7 Å². The van der Waals surface area contributed by atoms with Gasteiger partial charge in [0, 0.05) is 12.1 Å². The lowest BCUT2D eigenvalue weighted by Crippen LogP contribution is -2.39. The number of carbonyl (C=O) groups is 1. The summed E-state index contributed by atoms with van der Waals surface area (Å²) in [5, 5.41) is 6.91. The van der Waals surface area contributed by atoms with Gasteiger partial charge in [-0.2, -0.15) is 0 Å². The molecule has 1 aromatic heterocycles. The fraction of sp³-hybridized carbons (Fsp3) is 0.444. The molecular weight excluding hydrogens is 290 g/mol. The number of hydrogen-bond donors (Lipinski definition) is 1. The molecule has 3 unspecified atom stereocenters. The largest absolute Gasteiger partial charge is 0.364 e. The van der Waals surface area contributed by atoms with Crippen molar-refractivity contribution in [2.45, 2.75) is 37.4 Å². The Hall–Kier alpha value is -2.14. The Kier molecular flexibility index (Phi) is 3.65. The molecule has 1 aliphatic carbocycles. The molecule has 3 atom stereocenters. The van der Waals surface area contributed by atoms with Crippen molar-refractivity contribution in [2.75, 3.05) is 7.05 Å². The number of carbonyl (C=O) groups excluding carboxylic acids is 1. The molecule has 5 heteroatoms. The number of amides is 1. The minimum absolute atomic E-state index is 0.0946. The lowest BCUT2D eigenvalue weighted by Gasteiger charge is -2.28. The smallest absolute Gasteiger partial charge is 0.273 e. The van der Waals surface area contributed by atoms with Crippen LogP contribution in [-0.4, -0.2) is 35.1 Å². The molecule has 120 valence electrons. The van der Waals surface area contributed by atoms with Gasteiger partial charge >= 0.3 is 0 Å². The predicted molar refractivity (Wildman–Crippen MR) is 85.8 cm³/mol. The van der Waals surface area contributed by atoms with E-state index in [9.17, 15) is 4.79 Å². The molecule has 1 aliphatic heterocycles. The maximum absolute atomic E-state index is 12.4. The van der Waals surface area contributed by atoms with Crippen LogP contribution in [0, 0.1) is 5.92 Å². The van der Waals surface area contributed by atoms with Gasteiger partial charge in [-0.15, -0.1) is 0 Å². The quantitative estimate of drug-likeness (QED) is 0.943. The summed E-state index contributed by atoms with van der Waals surface area (Å²) < 4.78 is 4.78. The molecule has 1 saturated carbocycles. The van der Waals surface area contributed by atoms with E-state index in [-0.39, 0.29) is 18.0 Å². The van der Waals surface area contributed by atoms with Crippen LogP contribution < -0.4 is 5.32 Å². The van der Waals surface area contributed by atoms with Crippen LogP contribution in [0.2, 0.25) is 0 Å². The van der Waals surface area contributed by atoms with Gasteiger partial charge < -0.3 is 9.84 Å². The van der Waals surface area contributed by atoms with Crippen LogP contribution in [0.15, 0.2) is 47.2 Å². The first-order valence-electron chi connectivity index (χ1n) is 8.22. The normalized spacial score (nSPS) is 28.0. The monoisotopic (exact) mass is 311 g/mol. The first-order chi connectivity index (χ1) is 11.2. The van der Waals surface area contributed by atoms with E-state index in [1.54, 1.807) is 6.07 Å². The Morgan fingerprint density at radius 1 is 1.26 bits per heavy atom. The highest BCUT2D eigenvalue weighted by atomic mass is 16.5. The summed E-state index contributed by atoms with van der Waals surface area (Å²) in [6.45, 7) is 0. The second kappa shape index (κ2) is 5.81. The Morgan fingerprint density at radius 3 is 2.70 bits per heavy atom. The number of hydrogen-bond acceptors (Lipinski definition) is 4. The first-order valence-corrected chi connectivity index (χ1v) is 8.22. The predicted octanol–water partition coefficient (Wildman–Crippen LogP) is 2.63. The summed E-state index contributed by atoms with van der Waals surface area (Å²) in [6.07, 6.45) is 5.03. The van der Waals surface area contributed by atoms with Crippen LogP contribution >= 0.6 is 0 Å². The Bertz CT molecular complexity index is 667. The van der Waals surface area contributed by atoms with Gasteiger partial charge in [-0.25, -0.2) is 0 Å². The summed E-state index contributed by atoms with van der Waals surface area (Å²) in [4.78, 5) is 14.8. The Balaban J connectivity index is 1.58. The van der Waals surface area contributed by atoms with Crippen LogP contribution in [0.3, 0.4) is 0 Å². The van der Waals surface area contributed by atoms with Gasteiger partial charge in [0.05, 0.1) is 12.1 Å². The van der Waals surface area contributed by atoms with E-state index in [4.69, 9.17) is 4.52 Å². The third-order valence-corrected chi connectivity index (χ3v) is 5.13. The summed E-state index contributed by atoms with van der Waals surface area (Å²) in [5.74, 6) is 0.620. The van der Waals surface area contributed by atoms with Gasteiger partial charge in [0.2, 0.25) is 0 Å². The van der Waals surface area contributed by atoms with E-state index in [2.05, 4.69) is 46.7 Å². The fourth-order valence-corrected chi connectivity index (χ4v) is 3.88. The number of rotatable bonds is 4. The molecule has 5 nitrogen and oxygen atoms in total. The zero-order valence-corrected chi connectivity index (χ0v) is 13.2. The molecule has 2 heterocycles. The zero-order chi connectivity index (χ0) is 15.8. The summed E-state index contributed by atoms with van der Waals surface area (Å²) in [5.41, 5.74) is 1.60. The van der Waals surface area contributed by atoms with Crippen LogP contribution in [0.5, 0.6) is 0 Å². The highest BCUT2D eigenvalue weighted by Gasteiger charge is 2.46. The maximum atomic E-state index is 12.4. The number of nitrogens with one attached hydrogen (secondary N) is 1. The maximum Gasteiger partial charge on any atom is 0.273 e. The summed E-state index contributed by atoms with van der Waals surface area (Å²) in [7, 11) is 2.18. The van der Waals surface area contributed by atoms with Crippen LogP contribution in [0.4, 0.5) is 0 Å². The average molecular weight is 311 g/mol. The zero-order valence-electron chi connectivity index (χ0n) is 13.2. The third-order valence-electron chi connectivity index (χ3n) is 5.13. The van der Waals surface area contributed by atoms with E-state index in [1.807, 2.05) is 6.07 Å².